The Morgan fingerprint density at radius 2 is 2.00 bits per heavy atom. The Labute approximate surface area is 177 Å². The summed E-state index contributed by atoms with van der Waals surface area (Å²) in [5, 5.41) is 3.58. The summed E-state index contributed by atoms with van der Waals surface area (Å²) in [6, 6.07) is 11.1. The number of hydrogen-bond acceptors (Lipinski definition) is 7. The summed E-state index contributed by atoms with van der Waals surface area (Å²) in [6.45, 7) is 1.46. The maximum absolute atomic E-state index is 12.6. The molecule has 2 amide bonds. The molecule has 0 spiro atoms. The van der Waals surface area contributed by atoms with Crippen LogP contribution in [0.15, 0.2) is 36.4 Å². The van der Waals surface area contributed by atoms with E-state index < -0.39 is 0 Å². The van der Waals surface area contributed by atoms with E-state index in [1.54, 1.807) is 24.1 Å². The van der Waals surface area contributed by atoms with Gasteiger partial charge in [0, 0.05) is 43.8 Å². The molecule has 30 heavy (non-hydrogen) atoms. The zero-order valence-electron chi connectivity index (χ0n) is 16.4. The van der Waals surface area contributed by atoms with Gasteiger partial charge in [0.15, 0.2) is 11.5 Å². The van der Waals surface area contributed by atoms with Crippen molar-refractivity contribution in [3.8, 4) is 22.4 Å². The van der Waals surface area contributed by atoms with Gasteiger partial charge < -0.3 is 29.2 Å². The molecule has 1 fully saturated rings. The first-order valence-electron chi connectivity index (χ1n) is 9.75. The Morgan fingerprint density at radius 3 is 2.83 bits per heavy atom. The summed E-state index contributed by atoms with van der Waals surface area (Å²) in [7, 11) is 1.64. The van der Waals surface area contributed by atoms with Crippen LogP contribution in [0.3, 0.4) is 0 Å². The van der Waals surface area contributed by atoms with Crippen molar-refractivity contribution in [2.24, 2.45) is 0 Å². The first-order chi connectivity index (χ1) is 14.7. The SMILES string of the molecule is COc1ccc2sc(OC3CCN(C(=O)Nc4ccc5c(c4)OCO5)CC3)nc2c1. The van der Waals surface area contributed by atoms with Crippen LogP contribution in [0, 0.1) is 0 Å². The maximum Gasteiger partial charge on any atom is 0.321 e. The van der Waals surface area contributed by atoms with Crippen LogP contribution in [0.25, 0.3) is 10.2 Å². The summed E-state index contributed by atoms with van der Waals surface area (Å²) in [5.41, 5.74) is 1.56. The number of methoxy groups -OCH3 is 1. The summed E-state index contributed by atoms with van der Waals surface area (Å²) in [5.74, 6) is 2.12. The van der Waals surface area contributed by atoms with Crippen molar-refractivity contribution < 1.29 is 23.7 Å². The lowest BCUT2D eigenvalue weighted by Gasteiger charge is -2.31. The van der Waals surface area contributed by atoms with E-state index in [1.165, 1.54) is 11.3 Å². The van der Waals surface area contributed by atoms with E-state index in [2.05, 4.69) is 10.3 Å². The molecule has 8 nitrogen and oxygen atoms in total. The number of amides is 2. The third-order valence-electron chi connectivity index (χ3n) is 5.20. The van der Waals surface area contributed by atoms with Crippen molar-refractivity contribution in [1.82, 2.24) is 9.88 Å². The highest BCUT2D eigenvalue weighted by Crippen LogP contribution is 2.35. The summed E-state index contributed by atoms with van der Waals surface area (Å²) in [6.07, 6.45) is 1.56. The minimum absolute atomic E-state index is 0.0436. The predicted octanol–water partition coefficient (Wildman–Crippen LogP) is 4.11. The molecule has 0 atom stereocenters. The second-order valence-corrected chi connectivity index (χ2v) is 8.11. The number of urea groups is 1. The number of ether oxygens (including phenoxy) is 4. The highest BCUT2D eigenvalue weighted by atomic mass is 32.1. The van der Waals surface area contributed by atoms with E-state index in [0.29, 0.717) is 35.5 Å². The van der Waals surface area contributed by atoms with Gasteiger partial charge in [-0.05, 0) is 24.3 Å². The van der Waals surface area contributed by atoms with Crippen molar-refractivity contribution in [3.63, 3.8) is 0 Å². The number of nitrogens with one attached hydrogen (secondary N) is 1. The van der Waals surface area contributed by atoms with Gasteiger partial charge in [0.2, 0.25) is 6.79 Å². The maximum atomic E-state index is 12.6. The van der Waals surface area contributed by atoms with E-state index in [4.69, 9.17) is 18.9 Å². The lowest BCUT2D eigenvalue weighted by molar-refractivity contribution is 0.115. The van der Waals surface area contributed by atoms with Gasteiger partial charge in [-0.25, -0.2) is 9.78 Å². The molecule has 1 saturated heterocycles. The van der Waals surface area contributed by atoms with Gasteiger partial charge in [0.25, 0.3) is 5.19 Å². The number of carbonyl (C=O) groups is 1. The number of aromatic nitrogens is 1. The van der Waals surface area contributed by atoms with Crippen molar-refractivity contribution >= 4 is 33.3 Å². The third-order valence-corrected chi connectivity index (χ3v) is 6.12. The van der Waals surface area contributed by atoms with E-state index in [0.717, 1.165) is 28.8 Å². The molecule has 3 heterocycles. The van der Waals surface area contributed by atoms with Crippen LogP contribution in [0.5, 0.6) is 22.4 Å². The van der Waals surface area contributed by atoms with Crippen molar-refractivity contribution in [2.45, 2.75) is 18.9 Å². The molecule has 156 valence electrons. The molecule has 1 aromatic heterocycles. The van der Waals surface area contributed by atoms with Crippen molar-refractivity contribution in [2.75, 3.05) is 32.3 Å². The van der Waals surface area contributed by atoms with Gasteiger partial charge >= 0.3 is 6.03 Å². The number of likely N-dealkylation sites (tertiary alicyclic amines) is 1. The van der Waals surface area contributed by atoms with Crippen LogP contribution in [-0.2, 0) is 0 Å². The lowest BCUT2D eigenvalue weighted by atomic mass is 10.1. The number of carbonyl (C=O) groups excluding carboxylic acids is 1. The predicted molar refractivity (Wildman–Crippen MR) is 113 cm³/mol. The van der Waals surface area contributed by atoms with E-state index in [-0.39, 0.29) is 18.9 Å². The molecule has 9 heteroatoms. The Kier molecular flexibility index (Phi) is 4.96. The Balaban J connectivity index is 1.15. The van der Waals surface area contributed by atoms with Gasteiger partial charge in [-0.1, -0.05) is 11.3 Å². The Morgan fingerprint density at radius 1 is 1.17 bits per heavy atom. The van der Waals surface area contributed by atoms with Crippen molar-refractivity contribution in [1.29, 1.82) is 0 Å². The number of benzene rings is 2. The largest absolute Gasteiger partial charge is 0.497 e. The normalized spacial score (nSPS) is 16.0. The Hall–Kier alpha value is -3.20. The molecular weight excluding hydrogens is 406 g/mol. The third kappa shape index (κ3) is 3.80. The number of fused-ring (bicyclic) bond motifs is 2. The zero-order valence-corrected chi connectivity index (χ0v) is 17.2. The van der Waals surface area contributed by atoms with Crippen LogP contribution in [-0.4, -0.2) is 49.0 Å². The van der Waals surface area contributed by atoms with Crippen molar-refractivity contribution in [3.05, 3.63) is 36.4 Å². The molecule has 0 unspecified atom stereocenters. The average molecular weight is 427 g/mol. The molecule has 0 bridgehead atoms. The van der Waals surface area contributed by atoms with Gasteiger partial charge in [-0.2, -0.15) is 0 Å². The molecule has 3 aromatic rings. The topological polar surface area (TPSA) is 82.2 Å². The number of hydrogen-bond donors (Lipinski definition) is 1. The molecule has 5 rings (SSSR count). The average Bonchev–Trinajstić information content (AvgIpc) is 3.39. The number of anilines is 1. The van der Waals surface area contributed by atoms with Gasteiger partial charge in [0.1, 0.15) is 11.9 Å². The van der Waals surface area contributed by atoms with Crippen LogP contribution in [0.1, 0.15) is 12.8 Å². The molecular formula is C21H21N3O5S. The minimum Gasteiger partial charge on any atom is -0.497 e. The van der Waals surface area contributed by atoms with Crippen LogP contribution >= 0.6 is 11.3 Å². The molecule has 0 radical (unpaired) electrons. The number of piperidine rings is 1. The number of rotatable bonds is 4. The second kappa shape index (κ2) is 7.91. The van der Waals surface area contributed by atoms with Crippen LogP contribution < -0.4 is 24.3 Å². The van der Waals surface area contributed by atoms with Crippen LogP contribution in [0.2, 0.25) is 0 Å². The number of thiazole rings is 1. The molecule has 2 aliphatic heterocycles. The molecule has 1 N–H and O–H groups in total. The highest BCUT2D eigenvalue weighted by molar-refractivity contribution is 7.20. The standard InChI is InChI=1S/C21H21N3O5S/c1-26-15-3-5-19-16(11-15)23-21(30-19)29-14-6-8-24(9-7-14)20(25)22-13-2-4-17-18(10-13)28-12-27-17/h2-5,10-11,14H,6-9,12H2,1H3,(H,22,25). The van der Waals surface area contributed by atoms with Gasteiger partial charge in [0.05, 0.1) is 17.3 Å². The Bertz CT molecular complexity index is 1080. The van der Waals surface area contributed by atoms with Gasteiger partial charge in [-0.3, -0.25) is 0 Å². The highest BCUT2D eigenvalue weighted by Gasteiger charge is 2.25. The molecule has 0 aliphatic carbocycles. The fraction of sp³-hybridized carbons (Fsp3) is 0.333. The first kappa shape index (κ1) is 18.8. The van der Waals surface area contributed by atoms with E-state index >= 15 is 0 Å². The zero-order chi connectivity index (χ0) is 20.5. The second-order valence-electron chi connectivity index (χ2n) is 7.12. The summed E-state index contributed by atoms with van der Waals surface area (Å²) in [4.78, 5) is 18.9. The fourth-order valence-corrected chi connectivity index (χ4v) is 4.42. The quantitative estimate of drug-likeness (QED) is 0.675. The molecule has 2 aromatic carbocycles. The molecule has 2 aliphatic rings. The lowest BCUT2D eigenvalue weighted by Crippen LogP contribution is -2.43. The van der Waals surface area contributed by atoms with Crippen LogP contribution in [0.4, 0.5) is 10.5 Å². The molecule has 0 saturated carbocycles. The fourth-order valence-electron chi connectivity index (χ4n) is 3.56. The number of nitrogens with zero attached hydrogens (tertiary/aromatic N) is 2. The van der Waals surface area contributed by atoms with Gasteiger partial charge in [-0.15, -0.1) is 0 Å². The smallest absolute Gasteiger partial charge is 0.321 e. The first-order valence-corrected chi connectivity index (χ1v) is 10.6. The van der Waals surface area contributed by atoms with E-state index in [1.807, 2.05) is 24.3 Å². The minimum atomic E-state index is -0.126. The monoisotopic (exact) mass is 427 g/mol. The summed E-state index contributed by atoms with van der Waals surface area (Å²) < 4.78 is 23.0. The summed E-state index contributed by atoms with van der Waals surface area (Å²) >= 11 is 1.52. The van der Waals surface area contributed by atoms with E-state index in [9.17, 15) is 4.79 Å².